The van der Waals surface area contributed by atoms with Gasteiger partial charge in [-0.1, -0.05) is 66.0 Å². The third kappa shape index (κ3) is 3.75. The van der Waals surface area contributed by atoms with Crippen molar-refractivity contribution < 1.29 is 0 Å². The second kappa shape index (κ2) is 7.45. The van der Waals surface area contributed by atoms with Gasteiger partial charge in [0.15, 0.2) is 8.68 Å². The summed E-state index contributed by atoms with van der Waals surface area (Å²) in [7, 11) is 0. The van der Waals surface area contributed by atoms with Crippen molar-refractivity contribution in [3.8, 4) is 0 Å². The quantitative estimate of drug-likeness (QED) is 0.809. The molecule has 2 aromatic rings. The molecule has 0 spiro atoms. The molecule has 0 aliphatic carbocycles. The second-order valence-corrected chi connectivity index (χ2v) is 7.92. The summed E-state index contributed by atoms with van der Waals surface area (Å²) in [6.45, 7) is 4.27. The Labute approximate surface area is 132 Å². The largest absolute Gasteiger partial charge is 0.326 e. The lowest BCUT2D eigenvalue weighted by Gasteiger charge is -2.23. The number of benzene rings is 1. The Morgan fingerprint density at radius 1 is 1.25 bits per heavy atom. The molecule has 3 nitrogen and oxygen atoms in total. The highest BCUT2D eigenvalue weighted by Gasteiger charge is 2.23. The van der Waals surface area contributed by atoms with Gasteiger partial charge in [-0.15, -0.1) is 10.2 Å². The van der Waals surface area contributed by atoms with Crippen LogP contribution in [0.25, 0.3) is 0 Å². The first-order valence-corrected chi connectivity index (χ1v) is 9.43. The molecule has 108 valence electrons. The summed E-state index contributed by atoms with van der Waals surface area (Å²) in [5, 5.41) is 8.64. The summed E-state index contributed by atoms with van der Waals surface area (Å²) in [6.07, 6.45) is 2.96. The summed E-state index contributed by atoms with van der Waals surface area (Å²) in [6, 6.07) is 8.56. The molecule has 2 atom stereocenters. The first-order valence-electron chi connectivity index (χ1n) is 6.51. The fourth-order valence-electron chi connectivity index (χ4n) is 1.94. The van der Waals surface area contributed by atoms with Gasteiger partial charge in [0.05, 0.1) is 5.25 Å². The number of aromatic nitrogens is 2. The molecule has 0 amide bonds. The average Bonchev–Trinajstić information content (AvgIpc) is 2.92. The number of aryl methyl sites for hydroxylation is 1. The van der Waals surface area contributed by atoms with Gasteiger partial charge in [0.2, 0.25) is 0 Å². The smallest absolute Gasteiger partial charge is 0.175 e. The summed E-state index contributed by atoms with van der Waals surface area (Å²) < 4.78 is 1.99. The number of rotatable bonds is 6. The Morgan fingerprint density at radius 2 is 1.95 bits per heavy atom. The molecule has 0 saturated heterocycles. The molecule has 0 bridgehead atoms. The molecule has 1 heterocycles. The van der Waals surface area contributed by atoms with Gasteiger partial charge < -0.3 is 5.73 Å². The number of thioether (sulfide) groups is 2. The van der Waals surface area contributed by atoms with Gasteiger partial charge >= 0.3 is 0 Å². The molecule has 1 aromatic heterocycles. The van der Waals surface area contributed by atoms with Crippen molar-refractivity contribution in [2.45, 2.75) is 40.2 Å². The first-order chi connectivity index (χ1) is 9.65. The van der Waals surface area contributed by atoms with E-state index in [0.29, 0.717) is 0 Å². The standard InChI is InChI=1S/C14H19N3S3/c1-4-11(15)12(10-8-6-5-7-9(10)2)19-14-17-16-13(18-3)20-14/h5-8,11-12H,4,15H2,1-3H3. The molecule has 2 N–H and O–H groups in total. The Morgan fingerprint density at radius 3 is 2.55 bits per heavy atom. The van der Waals surface area contributed by atoms with Gasteiger partial charge in [-0.25, -0.2) is 0 Å². The van der Waals surface area contributed by atoms with Crippen molar-refractivity contribution in [2.24, 2.45) is 5.73 Å². The zero-order valence-electron chi connectivity index (χ0n) is 11.9. The van der Waals surface area contributed by atoms with Crippen LogP contribution < -0.4 is 5.73 Å². The van der Waals surface area contributed by atoms with Crippen LogP contribution in [0.3, 0.4) is 0 Å². The molecule has 0 saturated carbocycles. The summed E-state index contributed by atoms with van der Waals surface area (Å²) >= 11 is 5.00. The summed E-state index contributed by atoms with van der Waals surface area (Å²) in [5.74, 6) is 0. The lowest BCUT2D eigenvalue weighted by Crippen LogP contribution is -2.26. The average molecular weight is 326 g/mol. The molecule has 6 heteroatoms. The minimum Gasteiger partial charge on any atom is -0.326 e. The third-order valence-electron chi connectivity index (χ3n) is 3.15. The number of nitrogens with zero attached hydrogens (tertiary/aromatic N) is 2. The Kier molecular flexibility index (Phi) is 5.89. The van der Waals surface area contributed by atoms with Gasteiger partial charge in [0, 0.05) is 6.04 Å². The predicted octanol–water partition coefficient (Wildman–Crippen LogP) is 4.14. The zero-order chi connectivity index (χ0) is 14.5. The topological polar surface area (TPSA) is 51.8 Å². The molecule has 2 unspecified atom stereocenters. The molecule has 0 aliphatic heterocycles. The predicted molar refractivity (Wildman–Crippen MR) is 89.7 cm³/mol. The van der Waals surface area contributed by atoms with E-state index in [4.69, 9.17) is 5.73 Å². The number of nitrogens with two attached hydrogens (primary N) is 1. The first kappa shape index (κ1) is 15.8. The maximum absolute atomic E-state index is 6.34. The Bertz CT molecular complexity index is 556. The van der Waals surface area contributed by atoms with E-state index in [9.17, 15) is 0 Å². The third-order valence-corrected chi connectivity index (χ3v) is 6.52. The van der Waals surface area contributed by atoms with E-state index >= 15 is 0 Å². The Hall–Kier alpha value is -0.560. The van der Waals surface area contributed by atoms with Crippen LogP contribution in [0.2, 0.25) is 0 Å². The number of hydrogen-bond acceptors (Lipinski definition) is 6. The summed E-state index contributed by atoms with van der Waals surface area (Å²) in [5.41, 5.74) is 8.92. The minimum atomic E-state index is 0.114. The lowest BCUT2D eigenvalue weighted by atomic mass is 10.00. The highest BCUT2D eigenvalue weighted by molar-refractivity contribution is 8.03. The van der Waals surface area contributed by atoms with Crippen LogP contribution in [-0.2, 0) is 0 Å². The van der Waals surface area contributed by atoms with Crippen molar-refractivity contribution in [1.29, 1.82) is 0 Å². The molecule has 0 aliphatic rings. The van der Waals surface area contributed by atoms with E-state index in [0.717, 1.165) is 15.1 Å². The van der Waals surface area contributed by atoms with Crippen LogP contribution in [0, 0.1) is 6.92 Å². The molecule has 0 fully saturated rings. The van der Waals surface area contributed by atoms with Gasteiger partial charge in [-0.2, -0.15) is 0 Å². The van der Waals surface area contributed by atoms with Gasteiger partial charge in [0.1, 0.15) is 0 Å². The fraction of sp³-hybridized carbons (Fsp3) is 0.429. The highest BCUT2D eigenvalue weighted by Crippen LogP contribution is 2.41. The van der Waals surface area contributed by atoms with E-state index in [1.54, 1.807) is 34.9 Å². The van der Waals surface area contributed by atoms with Gasteiger partial charge in [0.25, 0.3) is 0 Å². The van der Waals surface area contributed by atoms with E-state index in [1.165, 1.54) is 11.1 Å². The maximum Gasteiger partial charge on any atom is 0.175 e. The maximum atomic E-state index is 6.34. The lowest BCUT2D eigenvalue weighted by molar-refractivity contribution is 0.632. The fourth-order valence-corrected chi connectivity index (χ4v) is 4.91. The molecule has 1 aromatic carbocycles. The SMILES string of the molecule is CCC(N)C(Sc1nnc(SC)s1)c1ccccc1C. The second-order valence-electron chi connectivity index (χ2n) is 4.51. The van der Waals surface area contributed by atoms with Crippen LogP contribution in [0.1, 0.15) is 29.7 Å². The van der Waals surface area contributed by atoms with Crippen LogP contribution in [0.15, 0.2) is 32.9 Å². The van der Waals surface area contributed by atoms with Crippen molar-refractivity contribution in [1.82, 2.24) is 10.2 Å². The molecule has 20 heavy (non-hydrogen) atoms. The van der Waals surface area contributed by atoms with E-state index in [2.05, 4.69) is 48.3 Å². The van der Waals surface area contributed by atoms with Crippen LogP contribution in [-0.4, -0.2) is 22.5 Å². The number of hydrogen-bond donors (Lipinski definition) is 1. The molecular weight excluding hydrogens is 306 g/mol. The van der Waals surface area contributed by atoms with Crippen molar-refractivity contribution in [3.63, 3.8) is 0 Å². The van der Waals surface area contributed by atoms with Gasteiger partial charge in [-0.05, 0) is 30.7 Å². The molecule has 0 radical (unpaired) electrons. The minimum absolute atomic E-state index is 0.114. The van der Waals surface area contributed by atoms with Crippen LogP contribution in [0.5, 0.6) is 0 Å². The monoisotopic (exact) mass is 325 g/mol. The highest BCUT2D eigenvalue weighted by atomic mass is 32.2. The van der Waals surface area contributed by atoms with Crippen molar-refractivity contribution in [2.75, 3.05) is 6.26 Å². The van der Waals surface area contributed by atoms with Crippen LogP contribution >= 0.6 is 34.9 Å². The van der Waals surface area contributed by atoms with Crippen LogP contribution in [0.4, 0.5) is 0 Å². The van der Waals surface area contributed by atoms with E-state index in [-0.39, 0.29) is 11.3 Å². The van der Waals surface area contributed by atoms with E-state index < -0.39 is 0 Å². The van der Waals surface area contributed by atoms with Gasteiger partial charge in [-0.3, -0.25) is 0 Å². The Balaban J connectivity index is 2.26. The van der Waals surface area contributed by atoms with Crippen molar-refractivity contribution >= 4 is 34.9 Å². The zero-order valence-corrected chi connectivity index (χ0v) is 14.3. The molecular formula is C14H19N3S3. The van der Waals surface area contributed by atoms with Crippen molar-refractivity contribution in [3.05, 3.63) is 35.4 Å². The van der Waals surface area contributed by atoms with E-state index in [1.807, 2.05) is 6.26 Å². The summed E-state index contributed by atoms with van der Waals surface area (Å²) in [4.78, 5) is 0. The normalized spacial score (nSPS) is 14.2. The molecule has 2 rings (SSSR count).